The Balaban J connectivity index is 1.59. The molecule has 3 heteroatoms. The Morgan fingerprint density at radius 1 is 0.771 bits per heavy atom. The van der Waals surface area contributed by atoms with Crippen LogP contribution in [0.4, 0.5) is 0 Å². The molecule has 3 nitrogen and oxygen atoms in total. The standard InChI is InChI=1S/C32H32N2O/c1-23-18-24(2)31-29(19-23)30(26-14-8-4-9-15-26)32(27-16-10-5-11-17-27)34(31)22-28(35)21-33-20-25-12-6-3-7-13-25/h3-19,28,33,35H,20-22H2,1-2H3/t28-/m0/s1. The van der Waals surface area contributed by atoms with Crippen LogP contribution in [0.5, 0.6) is 0 Å². The van der Waals surface area contributed by atoms with Gasteiger partial charge in [0.2, 0.25) is 0 Å². The summed E-state index contributed by atoms with van der Waals surface area (Å²) >= 11 is 0. The van der Waals surface area contributed by atoms with E-state index < -0.39 is 6.10 Å². The number of rotatable bonds is 8. The first kappa shape index (κ1) is 23.1. The summed E-state index contributed by atoms with van der Waals surface area (Å²) in [5.41, 5.74) is 9.61. The lowest BCUT2D eigenvalue weighted by Gasteiger charge is -2.18. The van der Waals surface area contributed by atoms with Crippen LogP contribution >= 0.6 is 0 Å². The molecule has 35 heavy (non-hydrogen) atoms. The molecule has 0 aliphatic heterocycles. The summed E-state index contributed by atoms with van der Waals surface area (Å²) in [6, 6.07) is 36.0. The molecule has 176 valence electrons. The van der Waals surface area contributed by atoms with Crippen LogP contribution in [0, 0.1) is 13.8 Å². The fraction of sp³-hybridized carbons (Fsp3) is 0.188. The van der Waals surface area contributed by atoms with Crippen molar-refractivity contribution in [2.45, 2.75) is 33.0 Å². The van der Waals surface area contributed by atoms with Gasteiger partial charge in [0.05, 0.1) is 23.9 Å². The van der Waals surface area contributed by atoms with Crippen molar-refractivity contribution in [2.75, 3.05) is 6.54 Å². The van der Waals surface area contributed by atoms with Gasteiger partial charge in [-0.15, -0.1) is 0 Å². The van der Waals surface area contributed by atoms with Crippen LogP contribution in [0.2, 0.25) is 0 Å². The van der Waals surface area contributed by atoms with Crippen molar-refractivity contribution < 1.29 is 5.11 Å². The molecule has 0 radical (unpaired) electrons. The molecule has 0 amide bonds. The number of nitrogens with zero attached hydrogens (tertiary/aromatic N) is 1. The molecule has 0 saturated carbocycles. The molecule has 0 spiro atoms. The lowest BCUT2D eigenvalue weighted by molar-refractivity contribution is 0.153. The van der Waals surface area contributed by atoms with Crippen LogP contribution in [-0.2, 0) is 13.1 Å². The Kier molecular flexibility index (Phi) is 6.80. The van der Waals surface area contributed by atoms with Crippen molar-refractivity contribution in [2.24, 2.45) is 0 Å². The number of aryl methyl sites for hydroxylation is 2. The average Bonchev–Trinajstić information content (AvgIpc) is 3.19. The zero-order chi connectivity index (χ0) is 24.2. The molecule has 0 fully saturated rings. The molecule has 5 aromatic rings. The van der Waals surface area contributed by atoms with E-state index in [4.69, 9.17) is 0 Å². The van der Waals surface area contributed by atoms with Crippen molar-refractivity contribution >= 4 is 10.9 Å². The highest BCUT2D eigenvalue weighted by molar-refractivity contribution is 6.06. The summed E-state index contributed by atoms with van der Waals surface area (Å²) < 4.78 is 2.33. The van der Waals surface area contributed by atoms with E-state index in [2.05, 4.69) is 109 Å². The summed E-state index contributed by atoms with van der Waals surface area (Å²) in [7, 11) is 0. The zero-order valence-corrected chi connectivity index (χ0v) is 20.4. The third-order valence-electron chi connectivity index (χ3n) is 6.55. The molecular formula is C32H32N2O. The molecule has 0 bridgehead atoms. The summed E-state index contributed by atoms with van der Waals surface area (Å²) in [5, 5.41) is 15.8. The monoisotopic (exact) mass is 460 g/mol. The van der Waals surface area contributed by atoms with Crippen LogP contribution in [-0.4, -0.2) is 22.3 Å². The lowest BCUT2D eigenvalue weighted by Crippen LogP contribution is -2.30. The normalized spacial score (nSPS) is 12.2. The van der Waals surface area contributed by atoms with Gasteiger partial charge in [-0.3, -0.25) is 0 Å². The van der Waals surface area contributed by atoms with Gasteiger partial charge in [-0.25, -0.2) is 0 Å². The molecular weight excluding hydrogens is 428 g/mol. The van der Waals surface area contributed by atoms with Gasteiger partial charge >= 0.3 is 0 Å². The number of aliphatic hydroxyl groups is 1. The molecule has 1 aromatic heterocycles. The first-order valence-corrected chi connectivity index (χ1v) is 12.3. The number of aliphatic hydroxyl groups excluding tert-OH is 1. The maximum Gasteiger partial charge on any atom is 0.0843 e. The Morgan fingerprint density at radius 2 is 1.37 bits per heavy atom. The van der Waals surface area contributed by atoms with Crippen LogP contribution < -0.4 is 5.32 Å². The highest BCUT2D eigenvalue weighted by Gasteiger charge is 2.23. The minimum atomic E-state index is -0.527. The molecule has 4 aromatic carbocycles. The first-order chi connectivity index (χ1) is 17.1. The van der Waals surface area contributed by atoms with E-state index >= 15 is 0 Å². The van der Waals surface area contributed by atoms with Gasteiger partial charge in [-0.2, -0.15) is 0 Å². The van der Waals surface area contributed by atoms with E-state index in [-0.39, 0.29) is 0 Å². The van der Waals surface area contributed by atoms with E-state index in [1.54, 1.807) is 0 Å². The van der Waals surface area contributed by atoms with Crippen molar-refractivity contribution in [3.05, 3.63) is 120 Å². The molecule has 0 unspecified atom stereocenters. The van der Waals surface area contributed by atoms with Crippen molar-refractivity contribution in [3.63, 3.8) is 0 Å². The number of fused-ring (bicyclic) bond motifs is 1. The largest absolute Gasteiger partial charge is 0.390 e. The predicted molar refractivity (Wildman–Crippen MR) is 146 cm³/mol. The third kappa shape index (κ3) is 4.93. The minimum Gasteiger partial charge on any atom is -0.390 e. The SMILES string of the molecule is Cc1cc(C)c2c(c1)c(-c1ccccc1)c(-c1ccccc1)n2C[C@@H](O)CNCc1ccccc1. The van der Waals surface area contributed by atoms with Gasteiger partial charge in [0, 0.05) is 24.0 Å². The topological polar surface area (TPSA) is 37.2 Å². The summed E-state index contributed by atoms with van der Waals surface area (Å²) in [6.07, 6.45) is -0.527. The number of benzene rings is 4. The van der Waals surface area contributed by atoms with Crippen molar-refractivity contribution in [1.82, 2.24) is 9.88 Å². The molecule has 0 aliphatic carbocycles. The second kappa shape index (κ2) is 10.3. The van der Waals surface area contributed by atoms with E-state index in [1.807, 2.05) is 18.2 Å². The second-order valence-corrected chi connectivity index (χ2v) is 9.31. The van der Waals surface area contributed by atoms with Gasteiger partial charge in [-0.1, -0.05) is 103 Å². The Hall–Kier alpha value is -3.66. The quantitative estimate of drug-likeness (QED) is 0.269. The molecule has 2 N–H and O–H groups in total. The van der Waals surface area contributed by atoms with E-state index in [1.165, 1.54) is 38.7 Å². The van der Waals surface area contributed by atoms with Gasteiger partial charge in [0.15, 0.2) is 0 Å². The first-order valence-electron chi connectivity index (χ1n) is 12.3. The second-order valence-electron chi connectivity index (χ2n) is 9.31. The van der Waals surface area contributed by atoms with Crippen molar-refractivity contribution in [3.8, 4) is 22.4 Å². The average molecular weight is 461 g/mol. The molecule has 0 aliphatic rings. The number of nitrogens with one attached hydrogen (secondary N) is 1. The maximum absolute atomic E-state index is 11.2. The zero-order valence-electron chi connectivity index (χ0n) is 20.4. The summed E-state index contributed by atoms with van der Waals surface area (Å²) in [4.78, 5) is 0. The van der Waals surface area contributed by atoms with Gasteiger partial charge in [0.25, 0.3) is 0 Å². The van der Waals surface area contributed by atoms with Gasteiger partial charge in [0.1, 0.15) is 0 Å². The number of hydrogen-bond acceptors (Lipinski definition) is 2. The Morgan fingerprint density at radius 3 is 2.03 bits per heavy atom. The number of hydrogen-bond donors (Lipinski definition) is 2. The molecule has 5 rings (SSSR count). The number of aromatic nitrogens is 1. The smallest absolute Gasteiger partial charge is 0.0843 e. The maximum atomic E-state index is 11.2. The Labute approximate surface area is 207 Å². The van der Waals surface area contributed by atoms with Crippen LogP contribution in [0.3, 0.4) is 0 Å². The van der Waals surface area contributed by atoms with E-state index in [9.17, 15) is 5.11 Å². The highest BCUT2D eigenvalue weighted by Crippen LogP contribution is 2.42. The summed E-state index contributed by atoms with van der Waals surface area (Å²) in [6.45, 7) is 6.11. The highest BCUT2D eigenvalue weighted by atomic mass is 16.3. The summed E-state index contributed by atoms with van der Waals surface area (Å²) in [5.74, 6) is 0. The molecule has 1 atom stereocenters. The van der Waals surface area contributed by atoms with Crippen LogP contribution in [0.1, 0.15) is 16.7 Å². The molecule has 0 saturated heterocycles. The third-order valence-corrected chi connectivity index (χ3v) is 6.55. The van der Waals surface area contributed by atoms with Gasteiger partial charge in [-0.05, 0) is 42.2 Å². The van der Waals surface area contributed by atoms with Crippen molar-refractivity contribution in [1.29, 1.82) is 0 Å². The minimum absolute atomic E-state index is 0.513. The Bertz CT molecular complexity index is 1410. The van der Waals surface area contributed by atoms with Crippen LogP contribution in [0.15, 0.2) is 103 Å². The van der Waals surface area contributed by atoms with Gasteiger partial charge < -0.3 is 15.0 Å². The predicted octanol–water partition coefficient (Wildman–Crippen LogP) is 6.74. The lowest BCUT2D eigenvalue weighted by atomic mass is 9.97. The van der Waals surface area contributed by atoms with E-state index in [0.29, 0.717) is 13.1 Å². The van der Waals surface area contributed by atoms with Crippen LogP contribution in [0.25, 0.3) is 33.3 Å². The fourth-order valence-electron chi connectivity index (χ4n) is 5.11. The molecule has 1 heterocycles. The van der Waals surface area contributed by atoms with E-state index in [0.717, 1.165) is 17.8 Å². The fourth-order valence-corrected chi connectivity index (χ4v) is 5.11.